The van der Waals surface area contributed by atoms with Gasteiger partial charge < -0.3 is 4.57 Å². The molecule has 1 saturated heterocycles. The standard InChI is InChI=1S/C26H37N3O3S/c1-19(2)22-9-11-24(12-10-22)33(31,32)28-15-13-27(14-16-28)18-26(30)25-17-20(3)29(21(25)4)23-7-5-6-8-23/h9-12,17,19,23H,5-8,13-16,18H2,1-4H3. The number of nitrogens with zero attached hydrogens (tertiary/aromatic N) is 3. The van der Waals surface area contributed by atoms with E-state index in [1.807, 2.05) is 18.2 Å². The highest BCUT2D eigenvalue weighted by Gasteiger charge is 2.30. The Labute approximate surface area is 198 Å². The number of aromatic nitrogens is 1. The topological polar surface area (TPSA) is 62.6 Å². The highest BCUT2D eigenvalue weighted by Crippen LogP contribution is 2.33. The molecular weight excluding hydrogens is 434 g/mol. The number of aryl methyl sites for hydroxylation is 1. The van der Waals surface area contributed by atoms with Crippen molar-refractivity contribution in [1.82, 2.24) is 13.8 Å². The first kappa shape index (κ1) is 24.2. The molecule has 2 aliphatic rings. The second-order valence-electron chi connectivity index (χ2n) is 9.92. The molecule has 180 valence electrons. The van der Waals surface area contributed by atoms with Crippen LogP contribution in [-0.4, -0.2) is 60.7 Å². The maximum absolute atomic E-state index is 13.1. The molecule has 0 bridgehead atoms. The molecule has 7 heteroatoms. The molecule has 1 aliphatic carbocycles. The minimum Gasteiger partial charge on any atom is -0.345 e. The van der Waals surface area contributed by atoms with Gasteiger partial charge in [0.2, 0.25) is 10.0 Å². The van der Waals surface area contributed by atoms with Crippen LogP contribution in [0.15, 0.2) is 35.2 Å². The third-order valence-electron chi connectivity index (χ3n) is 7.36. The highest BCUT2D eigenvalue weighted by atomic mass is 32.2. The molecule has 1 aromatic carbocycles. The van der Waals surface area contributed by atoms with Gasteiger partial charge in [0.1, 0.15) is 0 Å². The number of rotatable bonds is 7. The van der Waals surface area contributed by atoms with E-state index in [0.717, 1.165) is 16.8 Å². The lowest BCUT2D eigenvalue weighted by molar-refractivity contribution is 0.0901. The summed E-state index contributed by atoms with van der Waals surface area (Å²) in [4.78, 5) is 15.5. The molecular formula is C26H37N3O3S. The number of hydrogen-bond acceptors (Lipinski definition) is 4. The van der Waals surface area contributed by atoms with Crippen LogP contribution in [-0.2, 0) is 10.0 Å². The highest BCUT2D eigenvalue weighted by molar-refractivity contribution is 7.89. The van der Waals surface area contributed by atoms with E-state index in [-0.39, 0.29) is 5.78 Å². The smallest absolute Gasteiger partial charge is 0.243 e. The summed E-state index contributed by atoms with van der Waals surface area (Å²) < 4.78 is 30.0. The van der Waals surface area contributed by atoms with Crippen LogP contribution in [0.1, 0.15) is 78.8 Å². The molecule has 2 fully saturated rings. The number of benzene rings is 1. The molecule has 1 aliphatic heterocycles. The molecule has 1 aromatic heterocycles. The molecule has 0 amide bonds. The summed E-state index contributed by atoms with van der Waals surface area (Å²) in [6, 6.07) is 9.77. The number of sulfonamides is 1. The van der Waals surface area contributed by atoms with Gasteiger partial charge in [-0.2, -0.15) is 4.31 Å². The van der Waals surface area contributed by atoms with Crippen molar-refractivity contribution < 1.29 is 13.2 Å². The molecule has 0 atom stereocenters. The lowest BCUT2D eigenvalue weighted by Crippen LogP contribution is -2.49. The van der Waals surface area contributed by atoms with Crippen molar-refractivity contribution in [2.24, 2.45) is 0 Å². The fraction of sp³-hybridized carbons (Fsp3) is 0.577. The minimum atomic E-state index is -3.51. The first-order valence-electron chi connectivity index (χ1n) is 12.2. The lowest BCUT2D eigenvalue weighted by Gasteiger charge is -2.33. The van der Waals surface area contributed by atoms with Crippen LogP contribution in [0.5, 0.6) is 0 Å². The van der Waals surface area contributed by atoms with Gasteiger partial charge in [-0.25, -0.2) is 8.42 Å². The van der Waals surface area contributed by atoms with Crippen LogP contribution in [0, 0.1) is 13.8 Å². The van der Waals surface area contributed by atoms with Crippen LogP contribution >= 0.6 is 0 Å². The van der Waals surface area contributed by atoms with Gasteiger partial charge in [-0.05, 0) is 56.4 Å². The monoisotopic (exact) mass is 471 g/mol. The Morgan fingerprint density at radius 1 is 1.00 bits per heavy atom. The Morgan fingerprint density at radius 2 is 1.61 bits per heavy atom. The third-order valence-corrected chi connectivity index (χ3v) is 9.27. The van der Waals surface area contributed by atoms with Crippen molar-refractivity contribution in [3.63, 3.8) is 0 Å². The van der Waals surface area contributed by atoms with Crippen LogP contribution in [0.4, 0.5) is 0 Å². The number of piperazine rings is 1. The van der Waals surface area contributed by atoms with Gasteiger partial charge in [0.05, 0.1) is 11.4 Å². The molecule has 1 saturated carbocycles. The van der Waals surface area contributed by atoms with Crippen LogP contribution in [0.3, 0.4) is 0 Å². The van der Waals surface area contributed by atoms with E-state index in [1.54, 1.807) is 16.4 Å². The number of carbonyl (C=O) groups is 1. The Hall–Kier alpha value is -1.96. The minimum absolute atomic E-state index is 0.132. The zero-order chi connectivity index (χ0) is 23.8. The predicted octanol–water partition coefficient (Wildman–Crippen LogP) is 4.53. The fourth-order valence-corrected chi connectivity index (χ4v) is 6.80. The fourth-order valence-electron chi connectivity index (χ4n) is 5.37. The van der Waals surface area contributed by atoms with Gasteiger partial charge in [0.25, 0.3) is 0 Å². The summed E-state index contributed by atoms with van der Waals surface area (Å²) >= 11 is 0. The summed E-state index contributed by atoms with van der Waals surface area (Å²) in [5, 5.41) is 0. The van der Waals surface area contributed by atoms with E-state index < -0.39 is 10.0 Å². The van der Waals surface area contributed by atoms with Crippen molar-refractivity contribution in [2.75, 3.05) is 32.7 Å². The first-order chi connectivity index (χ1) is 15.7. The second-order valence-corrected chi connectivity index (χ2v) is 11.9. The largest absolute Gasteiger partial charge is 0.345 e. The van der Waals surface area contributed by atoms with Gasteiger partial charge >= 0.3 is 0 Å². The van der Waals surface area contributed by atoms with E-state index in [9.17, 15) is 13.2 Å². The van der Waals surface area contributed by atoms with Crippen molar-refractivity contribution in [3.8, 4) is 0 Å². The first-order valence-corrected chi connectivity index (χ1v) is 13.7. The Bertz CT molecular complexity index is 1090. The molecule has 2 aromatic rings. The Morgan fingerprint density at radius 3 is 2.18 bits per heavy atom. The summed E-state index contributed by atoms with van der Waals surface area (Å²) in [6.07, 6.45) is 4.92. The summed E-state index contributed by atoms with van der Waals surface area (Å²) in [7, 11) is -3.51. The van der Waals surface area contributed by atoms with E-state index in [2.05, 4.69) is 37.2 Å². The maximum Gasteiger partial charge on any atom is 0.243 e. The van der Waals surface area contributed by atoms with Crippen molar-refractivity contribution >= 4 is 15.8 Å². The molecule has 0 unspecified atom stereocenters. The Kier molecular flexibility index (Phi) is 7.12. The average molecular weight is 472 g/mol. The average Bonchev–Trinajstić information content (AvgIpc) is 3.41. The third kappa shape index (κ3) is 4.96. The van der Waals surface area contributed by atoms with E-state index in [0.29, 0.717) is 49.6 Å². The summed E-state index contributed by atoms with van der Waals surface area (Å²) in [5.41, 5.74) is 4.20. The quantitative estimate of drug-likeness (QED) is 0.557. The van der Waals surface area contributed by atoms with Gasteiger partial charge in [0.15, 0.2) is 5.78 Å². The summed E-state index contributed by atoms with van der Waals surface area (Å²) in [5.74, 6) is 0.498. The molecule has 0 spiro atoms. The number of Topliss-reactive ketones (excluding diaryl/α,β-unsaturated/α-hetero) is 1. The zero-order valence-electron chi connectivity index (χ0n) is 20.4. The van der Waals surface area contributed by atoms with Gasteiger partial charge in [0, 0.05) is 49.2 Å². The SMILES string of the molecule is Cc1cc(C(=O)CN2CCN(S(=O)(=O)c3ccc(C(C)C)cc3)CC2)c(C)n1C1CCCC1. The number of ketones is 1. The lowest BCUT2D eigenvalue weighted by atomic mass is 10.0. The van der Waals surface area contributed by atoms with Gasteiger partial charge in [-0.15, -0.1) is 0 Å². The van der Waals surface area contributed by atoms with Crippen molar-refractivity contribution in [1.29, 1.82) is 0 Å². The van der Waals surface area contributed by atoms with E-state index in [4.69, 9.17) is 0 Å². The van der Waals surface area contributed by atoms with Crippen LogP contribution < -0.4 is 0 Å². The molecule has 0 N–H and O–H groups in total. The zero-order valence-corrected chi connectivity index (χ0v) is 21.2. The molecule has 2 heterocycles. The van der Waals surface area contributed by atoms with Gasteiger partial charge in [-0.1, -0.05) is 38.8 Å². The van der Waals surface area contributed by atoms with Crippen molar-refractivity contribution in [2.45, 2.75) is 70.2 Å². The number of carbonyl (C=O) groups excluding carboxylic acids is 1. The molecule has 33 heavy (non-hydrogen) atoms. The molecule has 6 nitrogen and oxygen atoms in total. The van der Waals surface area contributed by atoms with E-state index >= 15 is 0 Å². The predicted molar refractivity (Wildman–Crippen MR) is 131 cm³/mol. The van der Waals surface area contributed by atoms with Crippen molar-refractivity contribution in [3.05, 3.63) is 52.8 Å². The van der Waals surface area contributed by atoms with Crippen LogP contribution in [0.25, 0.3) is 0 Å². The van der Waals surface area contributed by atoms with Gasteiger partial charge in [-0.3, -0.25) is 9.69 Å². The molecule has 0 radical (unpaired) electrons. The maximum atomic E-state index is 13.1. The number of hydrogen-bond donors (Lipinski definition) is 0. The van der Waals surface area contributed by atoms with Crippen LogP contribution in [0.2, 0.25) is 0 Å². The second kappa shape index (κ2) is 9.72. The Balaban J connectivity index is 1.37. The van der Waals surface area contributed by atoms with E-state index in [1.165, 1.54) is 31.4 Å². The molecule has 4 rings (SSSR count). The normalized spacial score (nSPS) is 18.9. The summed E-state index contributed by atoms with van der Waals surface area (Å²) in [6.45, 7) is 10.6.